The van der Waals surface area contributed by atoms with E-state index in [9.17, 15) is 9.59 Å². The smallest absolute Gasteiger partial charge is 0.255 e. The second-order valence-electron chi connectivity index (χ2n) is 6.63. The molecule has 0 aliphatic carbocycles. The van der Waals surface area contributed by atoms with Gasteiger partial charge in [0.25, 0.3) is 5.91 Å². The summed E-state index contributed by atoms with van der Waals surface area (Å²) in [6.45, 7) is 2.69. The maximum absolute atomic E-state index is 12.5. The third-order valence-corrected chi connectivity index (χ3v) is 5.16. The van der Waals surface area contributed by atoms with Gasteiger partial charge in [-0.1, -0.05) is 11.6 Å². The molecule has 7 nitrogen and oxygen atoms in total. The third kappa shape index (κ3) is 3.80. The fraction of sp³-hybridized carbons (Fsp3) is 0.250. The standard InChI is InChI=1S/C20H20ClN5O2/c21-14-3-5-15(6-4-14)25-8-10-26(11-9-25)18(27)13-24-20(28)16-12-23-17-2-1-7-22-19(16)17/h1-7,12,23H,8-11,13H2,(H,24,28). The Morgan fingerprint density at radius 1 is 1.11 bits per heavy atom. The average molecular weight is 398 g/mol. The van der Waals surface area contributed by atoms with Crippen molar-refractivity contribution in [3.63, 3.8) is 0 Å². The molecule has 2 aromatic heterocycles. The summed E-state index contributed by atoms with van der Waals surface area (Å²) >= 11 is 5.93. The third-order valence-electron chi connectivity index (χ3n) is 4.90. The topological polar surface area (TPSA) is 81.3 Å². The zero-order chi connectivity index (χ0) is 19.5. The van der Waals surface area contributed by atoms with Crippen LogP contribution < -0.4 is 10.2 Å². The number of carbonyl (C=O) groups is 2. The van der Waals surface area contributed by atoms with Crippen LogP contribution >= 0.6 is 11.6 Å². The van der Waals surface area contributed by atoms with Gasteiger partial charge in [-0.25, -0.2) is 0 Å². The number of hydrogen-bond donors (Lipinski definition) is 2. The molecule has 1 aliphatic heterocycles. The number of benzene rings is 1. The van der Waals surface area contributed by atoms with Crippen LogP contribution in [-0.4, -0.2) is 59.4 Å². The highest BCUT2D eigenvalue weighted by Gasteiger charge is 2.22. The maximum atomic E-state index is 12.5. The molecular weight excluding hydrogens is 378 g/mol. The number of hydrogen-bond acceptors (Lipinski definition) is 4. The van der Waals surface area contributed by atoms with Crippen molar-refractivity contribution in [1.29, 1.82) is 0 Å². The normalized spacial score (nSPS) is 14.3. The summed E-state index contributed by atoms with van der Waals surface area (Å²) in [5, 5.41) is 3.41. The van der Waals surface area contributed by atoms with Gasteiger partial charge in [-0.05, 0) is 36.4 Å². The van der Waals surface area contributed by atoms with Crippen LogP contribution in [-0.2, 0) is 4.79 Å². The van der Waals surface area contributed by atoms with Crippen LogP contribution in [0, 0.1) is 0 Å². The number of aromatic nitrogens is 2. The van der Waals surface area contributed by atoms with E-state index in [0.717, 1.165) is 24.3 Å². The number of anilines is 1. The molecule has 28 heavy (non-hydrogen) atoms. The number of pyridine rings is 1. The lowest BCUT2D eigenvalue weighted by molar-refractivity contribution is -0.130. The van der Waals surface area contributed by atoms with Gasteiger partial charge < -0.3 is 20.1 Å². The minimum Gasteiger partial charge on any atom is -0.368 e. The largest absolute Gasteiger partial charge is 0.368 e. The van der Waals surface area contributed by atoms with Gasteiger partial charge in [-0.2, -0.15) is 0 Å². The first kappa shape index (κ1) is 18.3. The lowest BCUT2D eigenvalue weighted by Crippen LogP contribution is -2.51. The Kier molecular flexibility index (Phi) is 5.16. The lowest BCUT2D eigenvalue weighted by atomic mass is 10.2. The SMILES string of the molecule is O=C(NCC(=O)N1CCN(c2ccc(Cl)cc2)CC1)c1c[nH]c2cccnc12. The van der Waals surface area contributed by atoms with Gasteiger partial charge in [0.1, 0.15) is 5.52 Å². The van der Waals surface area contributed by atoms with Crippen LogP contribution in [0.5, 0.6) is 0 Å². The van der Waals surface area contributed by atoms with Crippen LogP contribution in [0.1, 0.15) is 10.4 Å². The van der Waals surface area contributed by atoms with Crippen molar-refractivity contribution in [2.24, 2.45) is 0 Å². The van der Waals surface area contributed by atoms with Crippen LogP contribution in [0.3, 0.4) is 0 Å². The number of amides is 2. The highest BCUT2D eigenvalue weighted by atomic mass is 35.5. The van der Waals surface area contributed by atoms with Crippen molar-refractivity contribution in [3.05, 3.63) is 59.4 Å². The lowest BCUT2D eigenvalue weighted by Gasteiger charge is -2.36. The fourth-order valence-corrected chi connectivity index (χ4v) is 3.48. The molecule has 1 aromatic carbocycles. The summed E-state index contributed by atoms with van der Waals surface area (Å²) in [6, 6.07) is 11.3. The van der Waals surface area contributed by atoms with Gasteiger partial charge in [0.2, 0.25) is 5.91 Å². The Labute approximate surface area is 167 Å². The quantitative estimate of drug-likeness (QED) is 0.707. The van der Waals surface area contributed by atoms with E-state index in [4.69, 9.17) is 11.6 Å². The monoisotopic (exact) mass is 397 g/mol. The van der Waals surface area contributed by atoms with E-state index in [0.29, 0.717) is 29.2 Å². The molecule has 0 spiro atoms. The van der Waals surface area contributed by atoms with E-state index in [1.54, 1.807) is 23.4 Å². The fourth-order valence-electron chi connectivity index (χ4n) is 3.36. The number of nitrogens with one attached hydrogen (secondary N) is 2. The van der Waals surface area contributed by atoms with Crippen molar-refractivity contribution in [3.8, 4) is 0 Å². The molecule has 144 valence electrons. The van der Waals surface area contributed by atoms with Crippen molar-refractivity contribution in [1.82, 2.24) is 20.2 Å². The zero-order valence-corrected chi connectivity index (χ0v) is 15.9. The van der Waals surface area contributed by atoms with Crippen LogP contribution in [0.4, 0.5) is 5.69 Å². The molecule has 0 radical (unpaired) electrons. The number of nitrogens with zero attached hydrogens (tertiary/aromatic N) is 3. The molecule has 1 fully saturated rings. The van der Waals surface area contributed by atoms with Gasteiger partial charge in [-0.3, -0.25) is 14.6 Å². The minimum atomic E-state index is -0.307. The minimum absolute atomic E-state index is 0.0285. The Morgan fingerprint density at radius 3 is 2.61 bits per heavy atom. The molecule has 1 saturated heterocycles. The number of piperazine rings is 1. The number of aromatic amines is 1. The van der Waals surface area contributed by atoms with Gasteiger partial charge in [0.15, 0.2) is 0 Å². The number of carbonyl (C=O) groups excluding carboxylic acids is 2. The molecule has 0 unspecified atom stereocenters. The first-order valence-electron chi connectivity index (χ1n) is 9.10. The predicted octanol–water partition coefficient (Wildman–Crippen LogP) is 2.29. The van der Waals surface area contributed by atoms with Gasteiger partial charge in [0.05, 0.1) is 17.6 Å². The van der Waals surface area contributed by atoms with E-state index in [-0.39, 0.29) is 18.4 Å². The highest BCUT2D eigenvalue weighted by molar-refractivity contribution is 6.30. The second-order valence-corrected chi connectivity index (χ2v) is 7.07. The Balaban J connectivity index is 1.30. The van der Waals surface area contributed by atoms with Crippen molar-refractivity contribution < 1.29 is 9.59 Å². The summed E-state index contributed by atoms with van der Waals surface area (Å²) < 4.78 is 0. The van der Waals surface area contributed by atoms with Gasteiger partial charge >= 0.3 is 0 Å². The van der Waals surface area contributed by atoms with E-state index in [1.807, 2.05) is 30.3 Å². The van der Waals surface area contributed by atoms with Crippen LogP contribution in [0.25, 0.3) is 11.0 Å². The van der Waals surface area contributed by atoms with Crippen LogP contribution in [0.15, 0.2) is 48.8 Å². The first-order chi connectivity index (χ1) is 13.6. The van der Waals surface area contributed by atoms with Crippen molar-refractivity contribution in [2.45, 2.75) is 0 Å². The molecule has 1 aliphatic rings. The number of H-pyrrole nitrogens is 1. The molecule has 8 heteroatoms. The summed E-state index contributed by atoms with van der Waals surface area (Å²) in [5.41, 5.74) is 2.92. The predicted molar refractivity (Wildman–Crippen MR) is 109 cm³/mol. The van der Waals surface area contributed by atoms with Gasteiger partial charge in [0, 0.05) is 49.3 Å². The first-order valence-corrected chi connectivity index (χ1v) is 9.48. The Bertz CT molecular complexity index is 993. The molecule has 4 rings (SSSR count). The summed E-state index contributed by atoms with van der Waals surface area (Å²) in [5.74, 6) is -0.394. The zero-order valence-electron chi connectivity index (χ0n) is 15.2. The molecule has 3 aromatic rings. The van der Waals surface area contributed by atoms with E-state index in [1.165, 1.54) is 0 Å². The highest BCUT2D eigenvalue weighted by Crippen LogP contribution is 2.19. The molecule has 2 N–H and O–H groups in total. The molecule has 0 atom stereocenters. The van der Waals surface area contributed by atoms with E-state index >= 15 is 0 Å². The number of halogens is 1. The summed E-state index contributed by atoms with van der Waals surface area (Å²) in [6.07, 6.45) is 3.25. The van der Waals surface area contributed by atoms with Crippen molar-refractivity contribution in [2.75, 3.05) is 37.6 Å². The Hall–Kier alpha value is -3.06. The molecule has 0 bridgehead atoms. The molecular formula is C20H20ClN5O2. The maximum Gasteiger partial charge on any atom is 0.255 e. The molecule has 2 amide bonds. The van der Waals surface area contributed by atoms with E-state index in [2.05, 4.69) is 20.2 Å². The number of rotatable bonds is 4. The molecule has 3 heterocycles. The van der Waals surface area contributed by atoms with Crippen molar-refractivity contribution >= 4 is 40.1 Å². The summed E-state index contributed by atoms with van der Waals surface area (Å²) in [4.78, 5) is 36.1. The van der Waals surface area contributed by atoms with E-state index < -0.39 is 0 Å². The average Bonchev–Trinajstić information content (AvgIpc) is 3.17. The van der Waals surface area contributed by atoms with Gasteiger partial charge in [-0.15, -0.1) is 0 Å². The summed E-state index contributed by atoms with van der Waals surface area (Å²) in [7, 11) is 0. The number of fused-ring (bicyclic) bond motifs is 1. The van der Waals surface area contributed by atoms with Crippen LogP contribution in [0.2, 0.25) is 5.02 Å². The second kappa shape index (κ2) is 7.90. The molecule has 0 saturated carbocycles. The Morgan fingerprint density at radius 2 is 1.86 bits per heavy atom.